The number of fused-ring (bicyclic) bond motifs is 1. The van der Waals surface area contributed by atoms with Crippen LogP contribution < -0.4 is 5.32 Å². The molecule has 1 N–H and O–H groups in total. The van der Waals surface area contributed by atoms with E-state index in [1.54, 1.807) is 0 Å². The number of benzene rings is 1. The maximum Gasteiger partial charge on any atom is 0.126 e. The molecule has 3 rings (SSSR count). The Bertz CT molecular complexity index is 698. The molecule has 0 spiro atoms. The van der Waals surface area contributed by atoms with Gasteiger partial charge in [-0.2, -0.15) is 0 Å². The van der Waals surface area contributed by atoms with Gasteiger partial charge in [-0.15, -0.1) is 5.10 Å². The molecule has 0 amide bonds. The highest BCUT2D eigenvalue weighted by atomic mass is 16.3. The Balaban J connectivity index is 1.90. The highest BCUT2D eigenvalue weighted by Gasteiger charge is 2.10. The first-order valence-corrected chi connectivity index (χ1v) is 6.29. The molecule has 19 heavy (non-hydrogen) atoms. The zero-order valence-corrected chi connectivity index (χ0v) is 11.1. The van der Waals surface area contributed by atoms with Crippen LogP contribution in [0.15, 0.2) is 34.7 Å². The fourth-order valence-corrected chi connectivity index (χ4v) is 2.21. The second-order valence-corrected chi connectivity index (χ2v) is 4.56. The molecule has 0 aliphatic carbocycles. The van der Waals surface area contributed by atoms with Crippen molar-refractivity contribution < 1.29 is 4.42 Å². The van der Waals surface area contributed by atoms with Gasteiger partial charge < -0.3 is 9.73 Å². The van der Waals surface area contributed by atoms with Gasteiger partial charge in [0.25, 0.3) is 0 Å². The summed E-state index contributed by atoms with van der Waals surface area (Å²) in [5.41, 5.74) is 3.11. The third-order valence-electron chi connectivity index (χ3n) is 3.16. The van der Waals surface area contributed by atoms with Gasteiger partial charge >= 0.3 is 0 Å². The summed E-state index contributed by atoms with van der Waals surface area (Å²) in [6, 6.07) is 9.99. The van der Waals surface area contributed by atoms with Gasteiger partial charge in [0.05, 0.1) is 5.52 Å². The van der Waals surface area contributed by atoms with Crippen molar-refractivity contribution in [3.63, 3.8) is 0 Å². The van der Waals surface area contributed by atoms with Crippen molar-refractivity contribution in [1.29, 1.82) is 0 Å². The number of hydrogen-bond acceptors (Lipinski definition) is 4. The van der Waals surface area contributed by atoms with Gasteiger partial charge in [-0.05, 0) is 32.2 Å². The number of aryl methyl sites for hydroxylation is 1. The summed E-state index contributed by atoms with van der Waals surface area (Å²) in [5.74, 6) is 1.85. The second kappa shape index (κ2) is 4.85. The molecule has 5 heteroatoms. The van der Waals surface area contributed by atoms with Crippen LogP contribution in [-0.2, 0) is 13.1 Å². The normalized spacial score (nSPS) is 11.3. The summed E-state index contributed by atoms with van der Waals surface area (Å²) in [6.07, 6.45) is 0. The molecule has 0 aliphatic rings. The maximum atomic E-state index is 5.76. The van der Waals surface area contributed by atoms with Gasteiger partial charge in [0.15, 0.2) is 0 Å². The Hall–Kier alpha value is -2.14. The minimum atomic E-state index is 0.602. The minimum absolute atomic E-state index is 0.602. The molecule has 0 unspecified atom stereocenters. The second-order valence-electron chi connectivity index (χ2n) is 4.56. The van der Waals surface area contributed by atoms with Crippen molar-refractivity contribution in [2.45, 2.75) is 20.0 Å². The van der Waals surface area contributed by atoms with Crippen molar-refractivity contribution in [2.24, 2.45) is 0 Å². The monoisotopic (exact) mass is 256 g/mol. The SMILES string of the molecule is CNCc1cc(Cn2nnc3ccccc32)oc1C. The van der Waals surface area contributed by atoms with E-state index in [1.165, 1.54) is 5.56 Å². The van der Waals surface area contributed by atoms with Gasteiger partial charge in [-0.3, -0.25) is 0 Å². The lowest BCUT2D eigenvalue weighted by Crippen LogP contribution is -2.05. The van der Waals surface area contributed by atoms with Crippen LogP contribution in [0.3, 0.4) is 0 Å². The fourth-order valence-electron chi connectivity index (χ4n) is 2.21. The summed E-state index contributed by atoms with van der Waals surface area (Å²) in [5, 5.41) is 11.4. The van der Waals surface area contributed by atoms with E-state index in [9.17, 15) is 0 Å². The van der Waals surface area contributed by atoms with Gasteiger partial charge in [0, 0.05) is 12.1 Å². The number of nitrogens with zero attached hydrogens (tertiary/aromatic N) is 3. The molecule has 2 aromatic heterocycles. The third kappa shape index (κ3) is 2.24. The Morgan fingerprint density at radius 3 is 3.00 bits per heavy atom. The predicted octanol–water partition coefficient (Wildman–Crippen LogP) is 2.10. The molecule has 0 bridgehead atoms. The molecular weight excluding hydrogens is 240 g/mol. The van der Waals surface area contributed by atoms with Crippen LogP contribution in [0.5, 0.6) is 0 Å². The van der Waals surface area contributed by atoms with Gasteiger partial charge in [-0.1, -0.05) is 17.3 Å². The van der Waals surface area contributed by atoms with E-state index in [-0.39, 0.29) is 0 Å². The van der Waals surface area contributed by atoms with E-state index >= 15 is 0 Å². The van der Waals surface area contributed by atoms with Crippen molar-refractivity contribution in [2.75, 3.05) is 7.05 Å². The molecule has 3 aromatic rings. The zero-order chi connectivity index (χ0) is 13.2. The number of nitrogens with one attached hydrogen (secondary N) is 1. The van der Waals surface area contributed by atoms with Crippen molar-refractivity contribution in [3.8, 4) is 0 Å². The fraction of sp³-hybridized carbons (Fsp3) is 0.286. The summed E-state index contributed by atoms with van der Waals surface area (Å²) in [7, 11) is 1.93. The lowest BCUT2D eigenvalue weighted by Gasteiger charge is -1.98. The van der Waals surface area contributed by atoms with E-state index in [4.69, 9.17) is 4.42 Å². The topological polar surface area (TPSA) is 55.9 Å². The molecule has 1 aromatic carbocycles. The molecule has 5 nitrogen and oxygen atoms in total. The summed E-state index contributed by atoms with van der Waals surface area (Å²) in [4.78, 5) is 0. The van der Waals surface area contributed by atoms with Crippen molar-refractivity contribution in [1.82, 2.24) is 20.3 Å². The van der Waals surface area contributed by atoms with Gasteiger partial charge in [-0.25, -0.2) is 4.68 Å². The van der Waals surface area contributed by atoms with E-state index in [2.05, 4.69) is 21.7 Å². The number of aromatic nitrogens is 3. The van der Waals surface area contributed by atoms with E-state index < -0.39 is 0 Å². The quantitative estimate of drug-likeness (QED) is 0.776. The smallest absolute Gasteiger partial charge is 0.126 e. The predicted molar refractivity (Wildman–Crippen MR) is 72.8 cm³/mol. The molecule has 0 aliphatic heterocycles. The Labute approximate surface area is 111 Å². The summed E-state index contributed by atoms with van der Waals surface area (Å²) < 4.78 is 7.62. The number of furan rings is 1. The van der Waals surface area contributed by atoms with Crippen LogP contribution in [0.4, 0.5) is 0 Å². The van der Waals surface area contributed by atoms with Crippen LogP contribution in [-0.4, -0.2) is 22.0 Å². The molecule has 0 fully saturated rings. The van der Waals surface area contributed by atoms with Gasteiger partial charge in [0.2, 0.25) is 0 Å². The molecule has 0 radical (unpaired) electrons. The lowest BCUT2D eigenvalue weighted by molar-refractivity contribution is 0.457. The highest BCUT2D eigenvalue weighted by molar-refractivity contribution is 5.73. The Kier molecular flexibility index (Phi) is 3.05. The number of rotatable bonds is 4. The lowest BCUT2D eigenvalue weighted by atomic mass is 10.2. The van der Waals surface area contributed by atoms with E-state index in [0.717, 1.165) is 29.1 Å². The first-order chi connectivity index (χ1) is 9.28. The van der Waals surface area contributed by atoms with E-state index in [0.29, 0.717) is 6.54 Å². The van der Waals surface area contributed by atoms with Crippen LogP contribution in [0, 0.1) is 6.92 Å². The first-order valence-electron chi connectivity index (χ1n) is 6.29. The third-order valence-corrected chi connectivity index (χ3v) is 3.16. The standard InChI is InChI=1S/C14H16N4O/c1-10-11(8-15-2)7-12(19-10)9-18-14-6-4-3-5-13(14)16-17-18/h3-7,15H,8-9H2,1-2H3. The molecule has 2 heterocycles. The summed E-state index contributed by atoms with van der Waals surface area (Å²) >= 11 is 0. The average Bonchev–Trinajstić information content (AvgIpc) is 2.96. The molecule has 0 saturated heterocycles. The largest absolute Gasteiger partial charge is 0.464 e. The van der Waals surface area contributed by atoms with Crippen LogP contribution >= 0.6 is 0 Å². The van der Waals surface area contributed by atoms with Crippen LogP contribution in [0.25, 0.3) is 11.0 Å². The Morgan fingerprint density at radius 2 is 2.16 bits per heavy atom. The number of para-hydroxylation sites is 1. The van der Waals surface area contributed by atoms with Crippen LogP contribution in [0.2, 0.25) is 0 Å². The molecular formula is C14H16N4O. The molecule has 98 valence electrons. The van der Waals surface area contributed by atoms with E-state index in [1.807, 2.05) is 42.9 Å². The molecule has 0 atom stereocenters. The summed E-state index contributed by atoms with van der Waals surface area (Å²) in [6.45, 7) is 3.40. The minimum Gasteiger partial charge on any atom is -0.464 e. The molecule has 0 saturated carbocycles. The highest BCUT2D eigenvalue weighted by Crippen LogP contribution is 2.17. The number of hydrogen-bond donors (Lipinski definition) is 1. The maximum absolute atomic E-state index is 5.76. The zero-order valence-electron chi connectivity index (χ0n) is 11.1. The van der Waals surface area contributed by atoms with Crippen LogP contribution in [0.1, 0.15) is 17.1 Å². The Morgan fingerprint density at radius 1 is 1.32 bits per heavy atom. The first kappa shape index (κ1) is 11.9. The van der Waals surface area contributed by atoms with Crippen molar-refractivity contribution >= 4 is 11.0 Å². The average molecular weight is 256 g/mol. The van der Waals surface area contributed by atoms with Gasteiger partial charge in [0.1, 0.15) is 23.6 Å². The van der Waals surface area contributed by atoms with Crippen molar-refractivity contribution in [3.05, 3.63) is 47.4 Å².